The molecule has 7 nitrogen and oxygen atoms in total. The number of benzene rings is 2. The molecule has 2 aromatic carbocycles. The number of methoxy groups -OCH3 is 1. The number of rotatable bonds is 8. The van der Waals surface area contributed by atoms with Crippen molar-refractivity contribution in [2.45, 2.75) is 32.5 Å². The van der Waals surface area contributed by atoms with E-state index < -0.39 is 5.97 Å². The first-order valence-electron chi connectivity index (χ1n) is 11.1. The van der Waals surface area contributed by atoms with Crippen molar-refractivity contribution in [3.05, 3.63) is 70.6 Å². The number of amides is 1. The van der Waals surface area contributed by atoms with Gasteiger partial charge < -0.3 is 14.6 Å². The van der Waals surface area contributed by atoms with E-state index in [1.54, 1.807) is 0 Å². The predicted octanol–water partition coefficient (Wildman–Crippen LogP) is 5.83. The average Bonchev–Trinajstić information content (AvgIpc) is 3.47. The molecule has 180 valence electrons. The van der Waals surface area contributed by atoms with Crippen molar-refractivity contribution in [3.8, 4) is 22.5 Å². The predicted molar refractivity (Wildman–Crippen MR) is 141 cm³/mol. The first-order chi connectivity index (χ1) is 16.9. The van der Waals surface area contributed by atoms with Crippen molar-refractivity contribution in [2.24, 2.45) is 0 Å². The van der Waals surface area contributed by atoms with E-state index in [0.717, 1.165) is 33.6 Å². The van der Waals surface area contributed by atoms with E-state index in [9.17, 15) is 9.59 Å². The van der Waals surface area contributed by atoms with Crippen LogP contribution in [0.2, 0.25) is 0 Å². The maximum absolute atomic E-state index is 12.8. The van der Waals surface area contributed by atoms with Crippen molar-refractivity contribution < 1.29 is 14.3 Å². The van der Waals surface area contributed by atoms with E-state index in [1.165, 1.54) is 30.2 Å². The number of carbonyl (C=O) groups excluding carboxylic acids is 2. The summed E-state index contributed by atoms with van der Waals surface area (Å²) < 4.78 is 7.01. The summed E-state index contributed by atoms with van der Waals surface area (Å²) in [6.45, 7) is 6.74. The Labute approximate surface area is 212 Å². The van der Waals surface area contributed by atoms with Crippen LogP contribution in [0.15, 0.2) is 59.1 Å². The Hall–Kier alpha value is -3.43. The Bertz CT molecular complexity index is 1360. The standard InChI is InChI=1S/C26H26N4O3S2/c1-5-30-23(19-9-7-6-8-17(19)3)28-29-26(30)35-15-21(31)27-24-22(25(32)33-4)20(14-34-24)18-12-10-16(2)11-13-18/h6-14H,5,15H2,1-4H3,(H,27,31). The van der Waals surface area contributed by atoms with E-state index in [2.05, 4.69) is 15.5 Å². The third-order valence-electron chi connectivity index (χ3n) is 5.55. The van der Waals surface area contributed by atoms with Gasteiger partial charge in [0.15, 0.2) is 11.0 Å². The van der Waals surface area contributed by atoms with Gasteiger partial charge in [-0.3, -0.25) is 4.79 Å². The summed E-state index contributed by atoms with van der Waals surface area (Å²) in [5, 5.41) is 14.6. The maximum atomic E-state index is 12.8. The number of ether oxygens (including phenoxy) is 1. The van der Waals surface area contributed by atoms with Gasteiger partial charge in [0.2, 0.25) is 5.91 Å². The molecule has 0 aliphatic heterocycles. The molecule has 0 atom stereocenters. The SMILES string of the molecule is CCn1c(SCC(=O)Nc2scc(-c3ccc(C)cc3)c2C(=O)OC)nnc1-c1ccccc1C. The normalized spacial score (nSPS) is 10.9. The zero-order valence-corrected chi connectivity index (χ0v) is 21.6. The summed E-state index contributed by atoms with van der Waals surface area (Å²) in [5.41, 5.74) is 5.24. The lowest BCUT2D eigenvalue weighted by atomic mass is 10.0. The molecular formula is C26H26N4O3S2. The van der Waals surface area contributed by atoms with Gasteiger partial charge in [-0.2, -0.15) is 0 Å². The summed E-state index contributed by atoms with van der Waals surface area (Å²) in [6, 6.07) is 15.9. The van der Waals surface area contributed by atoms with E-state index in [4.69, 9.17) is 4.74 Å². The third-order valence-corrected chi connectivity index (χ3v) is 7.41. The molecule has 2 heterocycles. The minimum atomic E-state index is -0.488. The highest BCUT2D eigenvalue weighted by Crippen LogP contribution is 2.36. The number of aromatic nitrogens is 3. The average molecular weight is 507 g/mol. The van der Waals surface area contributed by atoms with Crippen LogP contribution in [-0.4, -0.2) is 39.5 Å². The lowest BCUT2D eigenvalue weighted by Gasteiger charge is -2.10. The van der Waals surface area contributed by atoms with Gasteiger partial charge in [-0.1, -0.05) is 65.9 Å². The van der Waals surface area contributed by atoms with Gasteiger partial charge in [0.05, 0.1) is 12.9 Å². The van der Waals surface area contributed by atoms with Gasteiger partial charge in [-0.05, 0) is 31.9 Å². The number of nitrogens with one attached hydrogen (secondary N) is 1. The maximum Gasteiger partial charge on any atom is 0.341 e. The summed E-state index contributed by atoms with van der Waals surface area (Å²) in [5.74, 6) is 0.186. The van der Waals surface area contributed by atoms with Crippen LogP contribution in [-0.2, 0) is 16.1 Å². The number of esters is 1. The Morgan fingerprint density at radius 3 is 2.49 bits per heavy atom. The summed E-state index contributed by atoms with van der Waals surface area (Å²) >= 11 is 2.62. The van der Waals surface area contributed by atoms with E-state index in [0.29, 0.717) is 22.3 Å². The molecule has 0 saturated carbocycles. The van der Waals surface area contributed by atoms with Gasteiger partial charge in [-0.15, -0.1) is 21.5 Å². The highest BCUT2D eigenvalue weighted by Gasteiger charge is 2.23. The van der Waals surface area contributed by atoms with Crippen molar-refractivity contribution in [1.29, 1.82) is 0 Å². The number of anilines is 1. The van der Waals surface area contributed by atoms with Crippen LogP contribution in [0.25, 0.3) is 22.5 Å². The van der Waals surface area contributed by atoms with Crippen LogP contribution in [0.5, 0.6) is 0 Å². The summed E-state index contributed by atoms with van der Waals surface area (Å²) in [4.78, 5) is 25.4. The molecule has 0 radical (unpaired) electrons. The molecule has 1 N–H and O–H groups in total. The van der Waals surface area contributed by atoms with Crippen LogP contribution in [0.3, 0.4) is 0 Å². The Kier molecular flexibility index (Phi) is 7.67. The molecule has 0 saturated heterocycles. The van der Waals surface area contributed by atoms with Gasteiger partial charge in [0.25, 0.3) is 0 Å². The molecule has 4 aromatic rings. The lowest BCUT2D eigenvalue weighted by molar-refractivity contribution is -0.113. The summed E-state index contributed by atoms with van der Waals surface area (Å²) in [6.07, 6.45) is 0. The monoisotopic (exact) mass is 506 g/mol. The Morgan fingerprint density at radius 2 is 1.80 bits per heavy atom. The first kappa shape index (κ1) is 24.7. The van der Waals surface area contributed by atoms with Crippen molar-refractivity contribution in [1.82, 2.24) is 14.8 Å². The van der Waals surface area contributed by atoms with Gasteiger partial charge in [-0.25, -0.2) is 4.79 Å². The third kappa shape index (κ3) is 5.31. The second kappa shape index (κ2) is 10.9. The van der Waals surface area contributed by atoms with Crippen LogP contribution in [0.4, 0.5) is 5.00 Å². The number of aryl methyl sites for hydroxylation is 2. The molecule has 35 heavy (non-hydrogen) atoms. The molecular weight excluding hydrogens is 480 g/mol. The van der Waals surface area contributed by atoms with E-state index >= 15 is 0 Å². The minimum absolute atomic E-state index is 0.129. The molecule has 0 bridgehead atoms. The highest BCUT2D eigenvalue weighted by atomic mass is 32.2. The largest absolute Gasteiger partial charge is 0.465 e. The second-order valence-electron chi connectivity index (χ2n) is 7.91. The molecule has 9 heteroatoms. The first-order valence-corrected chi connectivity index (χ1v) is 13.0. The van der Waals surface area contributed by atoms with Crippen molar-refractivity contribution in [2.75, 3.05) is 18.2 Å². The number of thioether (sulfide) groups is 1. The zero-order chi connectivity index (χ0) is 24.9. The number of hydrogen-bond acceptors (Lipinski definition) is 7. The van der Waals surface area contributed by atoms with Crippen LogP contribution in [0.1, 0.15) is 28.4 Å². The molecule has 0 unspecified atom stereocenters. The lowest BCUT2D eigenvalue weighted by Crippen LogP contribution is -2.16. The van der Waals surface area contributed by atoms with Gasteiger partial charge in [0, 0.05) is 23.1 Å². The quantitative estimate of drug-likeness (QED) is 0.239. The number of nitrogens with zero attached hydrogens (tertiary/aromatic N) is 3. The fraction of sp³-hybridized carbons (Fsp3) is 0.231. The second-order valence-corrected chi connectivity index (χ2v) is 9.74. The Morgan fingerprint density at radius 1 is 1.06 bits per heavy atom. The minimum Gasteiger partial charge on any atom is -0.465 e. The Balaban J connectivity index is 1.51. The molecule has 1 amide bonds. The summed E-state index contributed by atoms with van der Waals surface area (Å²) in [7, 11) is 1.34. The van der Waals surface area contributed by atoms with Crippen LogP contribution < -0.4 is 5.32 Å². The van der Waals surface area contributed by atoms with E-state index in [-0.39, 0.29) is 11.7 Å². The molecule has 0 aliphatic rings. The molecule has 4 rings (SSSR count). The van der Waals surface area contributed by atoms with Gasteiger partial charge >= 0.3 is 5.97 Å². The van der Waals surface area contributed by atoms with Crippen molar-refractivity contribution >= 4 is 40.0 Å². The van der Waals surface area contributed by atoms with Crippen LogP contribution in [0, 0.1) is 13.8 Å². The smallest absolute Gasteiger partial charge is 0.341 e. The topological polar surface area (TPSA) is 86.1 Å². The van der Waals surface area contributed by atoms with Gasteiger partial charge in [0.1, 0.15) is 10.6 Å². The van der Waals surface area contributed by atoms with Crippen molar-refractivity contribution in [3.63, 3.8) is 0 Å². The molecule has 0 spiro atoms. The van der Waals surface area contributed by atoms with Crippen LogP contribution >= 0.6 is 23.1 Å². The number of carbonyl (C=O) groups is 2. The molecule has 0 fully saturated rings. The number of thiophene rings is 1. The molecule has 0 aliphatic carbocycles. The molecule has 2 aromatic heterocycles. The zero-order valence-electron chi connectivity index (χ0n) is 20.0. The fourth-order valence-corrected chi connectivity index (χ4v) is 5.47. The highest BCUT2D eigenvalue weighted by molar-refractivity contribution is 7.99. The number of hydrogen-bond donors (Lipinski definition) is 1. The fourth-order valence-electron chi connectivity index (χ4n) is 3.70. The van der Waals surface area contributed by atoms with E-state index in [1.807, 2.05) is 79.2 Å².